The Kier molecular flexibility index (Phi) is 6.97. The van der Waals surface area contributed by atoms with E-state index in [2.05, 4.69) is 0 Å². The summed E-state index contributed by atoms with van der Waals surface area (Å²) in [5.74, 6) is -1.55. The fourth-order valence-electron chi connectivity index (χ4n) is 2.72. The smallest absolute Gasteiger partial charge is 0.338 e. The first kappa shape index (κ1) is 21.8. The van der Waals surface area contributed by atoms with Crippen molar-refractivity contribution in [1.29, 1.82) is 0 Å². The molecule has 1 fully saturated rings. The number of sulfonamides is 1. The lowest BCUT2D eigenvalue weighted by molar-refractivity contribution is 0.0525. The van der Waals surface area contributed by atoms with Gasteiger partial charge in [0, 0.05) is 19.1 Å². The summed E-state index contributed by atoms with van der Waals surface area (Å²) in [6, 6.07) is 2.93. The van der Waals surface area contributed by atoms with Crippen LogP contribution in [0.5, 0.6) is 0 Å². The van der Waals surface area contributed by atoms with Crippen LogP contribution in [-0.4, -0.2) is 44.4 Å². The molecule has 0 bridgehead atoms. The molecule has 0 amide bonds. The van der Waals surface area contributed by atoms with Crippen LogP contribution in [0.15, 0.2) is 23.1 Å². The van der Waals surface area contributed by atoms with Crippen molar-refractivity contribution in [2.24, 2.45) is 11.1 Å². The van der Waals surface area contributed by atoms with Gasteiger partial charge in [0.25, 0.3) is 0 Å². The molecular weight excluding hydrogens is 371 g/mol. The minimum atomic E-state index is -3.92. The van der Waals surface area contributed by atoms with Crippen LogP contribution in [-0.2, 0) is 14.8 Å². The first-order chi connectivity index (χ1) is 11.1. The average molecular weight is 395 g/mol. The number of hydrogen-bond acceptors (Lipinski definition) is 5. The maximum absolute atomic E-state index is 13.8. The fraction of sp³-hybridized carbons (Fsp3) is 0.562. The van der Waals surface area contributed by atoms with Crippen LogP contribution in [0.3, 0.4) is 0 Å². The van der Waals surface area contributed by atoms with Gasteiger partial charge in [-0.25, -0.2) is 17.6 Å². The van der Waals surface area contributed by atoms with Gasteiger partial charge in [-0.05, 0) is 37.0 Å². The third-order valence-electron chi connectivity index (χ3n) is 4.30. The van der Waals surface area contributed by atoms with Gasteiger partial charge >= 0.3 is 5.97 Å². The molecule has 6 nitrogen and oxygen atoms in total. The lowest BCUT2D eigenvalue weighted by Crippen LogP contribution is -2.53. The molecule has 0 spiro atoms. The topological polar surface area (TPSA) is 89.7 Å². The monoisotopic (exact) mass is 394 g/mol. The highest BCUT2D eigenvalue weighted by Crippen LogP contribution is 2.31. The summed E-state index contributed by atoms with van der Waals surface area (Å²) in [5, 5.41) is 0. The molecule has 1 aliphatic rings. The lowest BCUT2D eigenvalue weighted by atomic mass is 9.81. The van der Waals surface area contributed by atoms with Crippen LogP contribution in [0.1, 0.15) is 37.6 Å². The van der Waals surface area contributed by atoms with Gasteiger partial charge in [0.2, 0.25) is 10.0 Å². The Morgan fingerprint density at radius 1 is 1.40 bits per heavy atom. The zero-order valence-electron chi connectivity index (χ0n) is 14.5. The van der Waals surface area contributed by atoms with Gasteiger partial charge in [0.05, 0.1) is 17.1 Å². The first-order valence-corrected chi connectivity index (χ1v) is 9.25. The molecule has 0 saturated carbocycles. The zero-order chi connectivity index (χ0) is 18.1. The van der Waals surface area contributed by atoms with Gasteiger partial charge in [-0.2, -0.15) is 4.31 Å². The van der Waals surface area contributed by atoms with Gasteiger partial charge in [-0.1, -0.05) is 13.8 Å². The van der Waals surface area contributed by atoms with E-state index < -0.39 is 21.8 Å². The maximum atomic E-state index is 13.8. The number of carbonyl (C=O) groups excluding carboxylic acids is 1. The molecule has 1 heterocycles. The van der Waals surface area contributed by atoms with Crippen LogP contribution in [0.4, 0.5) is 4.39 Å². The number of esters is 1. The van der Waals surface area contributed by atoms with Crippen LogP contribution in [0.25, 0.3) is 0 Å². The van der Waals surface area contributed by atoms with Crippen LogP contribution in [0, 0.1) is 11.2 Å². The highest BCUT2D eigenvalue weighted by Gasteiger charge is 2.39. The SMILES string of the molecule is CCOC(=O)c1cc(F)cc(S(=O)(=O)N2CCC(N)C(C)(C)C2)c1.Cl. The van der Waals surface area contributed by atoms with E-state index in [4.69, 9.17) is 10.5 Å². The Bertz CT molecular complexity index is 740. The Morgan fingerprint density at radius 3 is 2.60 bits per heavy atom. The maximum Gasteiger partial charge on any atom is 0.338 e. The van der Waals surface area contributed by atoms with E-state index in [1.165, 1.54) is 4.31 Å². The number of hydrogen-bond donors (Lipinski definition) is 1. The van der Waals surface area contributed by atoms with E-state index in [1.807, 2.05) is 13.8 Å². The Labute approximate surface area is 154 Å². The summed E-state index contributed by atoms with van der Waals surface area (Å²) in [5.41, 5.74) is 5.53. The second kappa shape index (κ2) is 7.99. The number of rotatable bonds is 4. The van der Waals surface area contributed by atoms with Gasteiger partial charge in [-0.3, -0.25) is 0 Å². The van der Waals surface area contributed by atoms with E-state index in [1.54, 1.807) is 6.92 Å². The normalized spacial score (nSPS) is 20.6. The van der Waals surface area contributed by atoms with Crippen molar-refractivity contribution < 1.29 is 22.3 Å². The highest BCUT2D eigenvalue weighted by molar-refractivity contribution is 7.89. The highest BCUT2D eigenvalue weighted by atomic mass is 35.5. The van der Waals surface area contributed by atoms with Crippen molar-refractivity contribution in [3.05, 3.63) is 29.6 Å². The number of nitrogens with two attached hydrogens (primary N) is 1. The van der Waals surface area contributed by atoms with Gasteiger partial charge < -0.3 is 10.5 Å². The summed E-state index contributed by atoms with van der Waals surface area (Å²) >= 11 is 0. The minimum Gasteiger partial charge on any atom is -0.462 e. The van der Waals surface area contributed by atoms with Crippen LogP contribution in [0.2, 0.25) is 0 Å². The number of nitrogens with zero attached hydrogens (tertiary/aromatic N) is 1. The van der Waals surface area contributed by atoms with Gasteiger partial charge in [0.15, 0.2) is 0 Å². The summed E-state index contributed by atoms with van der Waals surface area (Å²) in [6.45, 7) is 6.04. The Morgan fingerprint density at radius 2 is 2.04 bits per heavy atom. The molecule has 1 atom stereocenters. The lowest BCUT2D eigenvalue weighted by Gasteiger charge is -2.41. The largest absolute Gasteiger partial charge is 0.462 e. The number of ether oxygens (including phenoxy) is 1. The van der Waals surface area contributed by atoms with E-state index in [0.717, 1.165) is 18.2 Å². The van der Waals surface area contributed by atoms with E-state index in [9.17, 15) is 17.6 Å². The van der Waals surface area contributed by atoms with Gasteiger partial charge in [0.1, 0.15) is 5.82 Å². The molecule has 2 N–H and O–H groups in total. The quantitative estimate of drug-likeness (QED) is 0.790. The molecule has 1 aliphatic heterocycles. The molecular formula is C16H24ClFN2O4S. The molecule has 0 radical (unpaired) electrons. The first-order valence-electron chi connectivity index (χ1n) is 7.81. The summed E-state index contributed by atoms with van der Waals surface area (Å²) in [4.78, 5) is 11.5. The fourth-order valence-corrected chi connectivity index (χ4v) is 4.41. The summed E-state index contributed by atoms with van der Waals surface area (Å²) in [7, 11) is -3.92. The molecule has 2 rings (SSSR count). The summed E-state index contributed by atoms with van der Waals surface area (Å²) < 4.78 is 45.6. The van der Waals surface area contributed by atoms with E-state index >= 15 is 0 Å². The molecule has 1 unspecified atom stereocenters. The number of carbonyl (C=O) groups is 1. The minimum absolute atomic E-state index is 0. The summed E-state index contributed by atoms with van der Waals surface area (Å²) in [6.07, 6.45) is 0.520. The number of benzene rings is 1. The van der Waals surface area contributed by atoms with E-state index in [-0.39, 0.29) is 54.0 Å². The predicted molar refractivity (Wildman–Crippen MR) is 94.7 cm³/mol. The Balaban J connectivity index is 0.00000312. The van der Waals surface area contributed by atoms with Gasteiger partial charge in [-0.15, -0.1) is 12.4 Å². The molecule has 0 aliphatic carbocycles. The third kappa shape index (κ3) is 4.69. The zero-order valence-corrected chi connectivity index (χ0v) is 16.1. The van der Waals surface area contributed by atoms with Crippen molar-refractivity contribution in [1.82, 2.24) is 4.31 Å². The molecule has 9 heteroatoms. The van der Waals surface area contributed by atoms with Crippen molar-refractivity contribution in [3.8, 4) is 0 Å². The van der Waals surface area contributed by atoms with E-state index in [0.29, 0.717) is 6.42 Å². The standard InChI is InChI=1S/C16H23FN2O4S.ClH/c1-4-23-15(20)11-7-12(17)9-13(8-11)24(21,22)19-6-5-14(18)16(2,3)10-19;/h7-9,14H,4-6,10,18H2,1-3H3;1H. The second-order valence-electron chi connectivity index (χ2n) is 6.62. The number of halogens is 2. The molecule has 142 valence electrons. The average Bonchev–Trinajstić information content (AvgIpc) is 2.49. The molecule has 1 aromatic carbocycles. The molecule has 1 saturated heterocycles. The third-order valence-corrected chi connectivity index (χ3v) is 6.12. The molecule has 0 aromatic heterocycles. The van der Waals surface area contributed by atoms with Crippen molar-refractivity contribution in [2.75, 3.05) is 19.7 Å². The van der Waals surface area contributed by atoms with Crippen LogP contribution < -0.4 is 5.73 Å². The number of piperidine rings is 1. The van der Waals surface area contributed by atoms with Crippen LogP contribution >= 0.6 is 12.4 Å². The molecule has 1 aromatic rings. The molecule has 25 heavy (non-hydrogen) atoms. The van der Waals surface area contributed by atoms with Crippen molar-refractivity contribution >= 4 is 28.4 Å². The Hall–Kier alpha value is -1.22. The van der Waals surface area contributed by atoms with Crippen molar-refractivity contribution in [3.63, 3.8) is 0 Å². The second-order valence-corrected chi connectivity index (χ2v) is 8.56. The predicted octanol–water partition coefficient (Wildman–Crippen LogP) is 2.17. The van der Waals surface area contributed by atoms with Crippen molar-refractivity contribution in [2.45, 2.75) is 38.1 Å².